The molecule has 4 aliphatic heterocycles. The molecule has 0 radical (unpaired) electrons. The molecule has 0 spiro atoms. The summed E-state index contributed by atoms with van der Waals surface area (Å²) in [6.45, 7) is 15.6. The van der Waals surface area contributed by atoms with Crippen molar-refractivity contribution in [1.82, 2.24) is 0 Å². The third-order valence-corrected chi connectivity index (χ3v) is 8.76. The second kappa shape index (κ2) is 18.2. The Morgan fingerprint density at radius 1 is 0.737 bits per heavy atom. The average molecular weight is 541 g/mol. The zero-order valence-corrected chi connectivity index (χ0v) is 25.4. The molecule has 0 aromatic heterocycles. The lowest BCUT2D eigenvalue weighted by atomic mass is 9.80. The van der Waals surface area contributed by atoms with Crippen LogP contribution in [0.25, 0.3) is 0 Å². The fraction of sp³-hybridized carbons (Fsp3) is 1.00. The van der Waals surface area contributed by atoms with E-state index in [1.54, 1.807) is 0 Å². The molecule has 2 aliphatic carbocycles. The van der Waals surface area contributed by atoms with Gasteiger partial charge in [-0.3, -0.25) is 0 Å². The molecule has 6 fully saturated rings. The van der Waals surface area contributed by atoms with E-state index in [9.17, 15) is 0 Å². The summed E-state index contributed by atoms with van der Waals surface area (Å²) in [6.07, 6.45) is 20.4. The Balaban J connectivity index is 0.000000141. The Bertz CT molecular complexity index is 594. The summed E-state index contributed by atoms with van der Waals surface area (Å²) in [5, 5.41) is 0. The minimum absolute atomic E-state index is 0.154. The van der Waals surface area contributed by atoms with Gasteiger partial charge in [0.25, 0.3) is 0 Å². The van der Waals surface area contributed by atoms with Crippen molar-refractivity contribution in [3.63, 3.8) is 0 Å². The maximum atomic E-state index is 5.50. The lowest BCUT2D eigenvalue weighted by Gasteiger charge is -2.24. The fourth-order valence-corrected chi connectivity index (χ4v) is 5.56. The number of epoxide rings is 4. The van der Waals surface area contributed by atoms with E-state index in [1.165, 1.54) is 77.0 Å². The molecular weight excluding hydrogens is 480 g/mol. The normalized spacial score (nSPS) is 35.9. The van der Waals surface area contributed by atoms with Gasteiger partial charge in [-0.15, -0.1) is 0 Å². The molecule has 0 N–H and O–H groups in total. The first-order valence-corrected chi connectivity index (χ1v) is 16.3. The van der Waals surface area contributed by atoms with Crippen molar-refractivity contribution in [3.8, 4) is 0 Å². The van der Waals surface area contributed by atoms with E-state index in [4.69, 9.17) is 28.4 Å². The highest BCUT2D eigenvalue weighted by Crippen LogP contribution is 2.42. The van der Waals surface area contributed by atoms with Crippen LogP contribution >= 0.6 is 0 Å². The minimum atomic E-state index is 0.154. The Labute approximate surface area is 234 Å². The van der Waals surface area contributed by atoms with Crippen LogP contribution in [0.5, 0.6) is 0 Å². The van der Waals surface area contributed by atoms with Gasteiger partial charge in [0.05, 0.1) is 37.6 Å². The van der Waals surface area contributed by atoms with E-state index in [0.717, 1.165) is 57.2 Å². The molecule has 6 nitrogen and oxygen atoms in total. The summed E-state index contributed by atoms with van der Waals surface area (Å²) in [7, 11) is 0. The maximum absolute atomic E-state index is 5.50. The molecule has 6 rings (SSSR count). The quantitative estimate of drug-likeness (QED) is 0.180. The molecule has 38 heavy (non-hydrogen) atoms. The standard InChI is InChI=1S/C10H18O.C9H16O.C7H14O2.C6H12O2/c1-3-7(2)8-4-5-9-10(6-8)11-9;1-2-3-7-4-5-8-9(6-7)10-8;1-2-3-4-8-5-7-6-9-7;1-2-3-4-7-6-5-8-6/h7-10H,3-6H2,1-2H3;7-9H,2-6H2,1H3;7H,2-6H2,1H3;6H,2-5H2,1H3. The summed E-state index contributed by atoms with van der Waals surface area (Å²) in [5.41, 5.74) is 0. The van der Waals surface area contributed by atoms with Gasteiger partial charge in [-0.25, -0.2) is 0 Å². The van der Waals surface area contributed by atoms with Crippen LogP contribution in [0.4, 0.5) is 0 Å². The molecule has 6 aliphatic rings. The molecule has 4 heterocycles. The van der Waals surface area contributed by atoms with Crippen LogP contribution in [0.1, 0.15) is 118 Å². The molecule has 9 atom stereocenters. The largest absolute Gasteiger partial charge is 0.379 e. The summed E-state index contributed by atoms with van der Waals surface area (Å²) < 4.78 is 31.2. The van der Waals surface area contributed by atoms with Crippen molar-refractivity contribution in [3.05, 3.63) is 0 Å². The lowest BCUT2D eigenvalue weighted by Crippen LogP contribution is -2.19. The minimum Gasteiger partial charge on any atom is -0.379 e. The highest BCUT2D eigenvalue weighted by atomic mass is 16.8. The number of hydrogen-bond donors (Lipinski definition) is 0. The van der Waals surface area contributed by atoms with Crippen molar-refractivity contribution in [2.75, 3.05) is 33.0 Å². The molecule has 224 valence electrons. The molecule has 0 aromatic rings. The molecule has 4 saturated heterocycles. The van der Waals surface area contributed by atoms with Crippen molar-refractivity contribution in [2.24, 2.45) is 17.8 Å². The zero-order chi connectivity index (χ0) is 27.2. The highest BCUT2D eigenvalue weighted by Gasteiger charge is 2.44. The number of fused-ring (bicyclic) bond motifs is 2. The van der Waals surface area contributed by atoms with E-state index in [1.807, 2.05) is 0 Å². The van der Waals surface area contributed by atoms with Gasteiger partial charge in [0.1, 0.15) is 12.7 Å². The molecular formula is C32H60O6. The van der Waals surface area contributed by atoms with Crippen molar-refractivity contribution >= 4 is 0 Å². The monoisotopic (exact) mass is 540 g/mol. The van der Waals surface area contributed by atoms with Crippen LogP contribution in [0.3, 0.4) is 0 Å². The third-order valence-electron chi connectivity index (χ3n) is 8.76. The first-order valence-electron chi connectivity index (χ1n) is 16.3. The first kappa shape index (κ1) is 32.3. The molecule has 6 heteroatoms. The number of ether oxygens (including phenoxy) is 6. The van der Waals surface area contributed by atoms with Crippen molar-refractivity contribution in [2.45, 2.75) is 155 Å². The Hall–Kier alpha value is -0.240. The predicted octanol–water partition coefficient (Wildman–Crippen LogP) is 7.32. The van der Waals surface area contributed by atoms with E-state index in [0.29, 0.717) is 30.5 Å². The fourth-order valence-electron chi connectivity index (χ4n) is 5.56. The molecule has 0 amide bonds. The summed E-state index contributed by atoms with van der Waals surface area (Å²) in [4.78, 5) is 0. The van der Waals surface area contributed by atoms with Crippen LogP contribution < -0.4 is 0 Å². The zero-order valence-electron chi connectivity index (χ0n) is 25.4. The number of hydrogen-bond acceptors (Lipinski definition) is 6. The first-order chi connectivity index (χ1) is 18.6. The molecule has 9 unspecified atom stereocenters. The third kappa shape index (κ3) is 13.9. The van der Waals surface area contributed by atoms with Gasteiger partial charge in [0.2, 0.25) is 0 Å². The smallest absolute Gasteiger partial charge is 0.181 e. The van der Waals surface area contributed by atoms with Crippen LogP contribution in [0, 0.1) is 17.8 Å². The van der Waals surface area contributed by atoms with Gasteiger partial charge < -0.3 is 28.4 Å². The summed E-state index contributed by atoms with van der Waals surface area (Å²) >= 11 is 0. The summed E-state index contributed by atoms with van der Waals surface area (Å²) in [5.74, 6) is 2.87. The van der Waals surface area contributed by atoms with Crippen LogP contribution in [-0.4, -0.2) is 69.8 Å². The summed E-state index contributed by atoms with van der Waals surface area (Å²) in [6, 6.07) is 0. The SMILES string of the molecule is CCC(C)C1CCC2OC2C1.CCCC1CCC2OC2C1.CCCCOC1CO1.CCCCOCC1CO1. The van der Waals surface area contributed by atoms with E-state index in [-0.39, 0.29) is 6.29 Å². The van der Waals surface area contributed by atoms with Gasteiger partial charge in [-0.2, -0.15) is 0 Å². The Morgan fingerprint density at radius 3 is 1.95 bits per heavy atom. The Morgan fingerprint density at radius 2 is 1.39 bits per heavy atom. The van der Waals surface area contributed by atoms with Crippen LogP contribution in [0.2, 0.25) is 0 Å². The van der Waals surface area contributed by atoms with Gasteiger partial charge in [-0.1, -0.05) is 66.7 Å². The predicted molar refractivity (Wildman–Crippen MR) is 152 cm³/mol. The van der Waals surface area contributed by atoms with Crippen LogP contribution in [-0.2, 0) is 28.4 Å². The average Bonchev–Trinajstić information content (AvgIpc) is 3.77. The second-order valence-corrected chi connectivity index (χ2v) is 12.2. The number of rotatable bonds is 13. The molecule has 0 bridgehead atoms. The van der Waals surface area contributed by atoms with E-state index >= 15 is 0 Å². The van der Waals surface area contributed by atoms with E-state index in [2.05, 4.69) is 34.6 Å². The van der Waals surface area contributed by atoms with Crippen molar-refractivity contribution in [1.29, 1.82) is 0 Å². The molecule has 2 saturated carbocycles. The topological polar surface area (TPSA) is 68.6 Å². The van der Waals surface area contributed by atoms with Gasteiger partial charge in [-0.05, 0) is 69.1 Å². The van der Waals surface area contributed by atoms with Gasteiger partial charge in [0, 0.05) is 13.2 Å². The Kier molecular flexibility index (Phi) is 15.5. The molecule has 0 aromatic carbocycles. The van der Waals surface area contributed by atoms with Crippen molar-refractivity contribution < 1.29 is 28.4 Å². The van der Waals surface area contributed by atoms with Gasteiger partial charge >= 0.3 is 0 Å². The second-order valence-electron chi connectivity index (χ2n) is 12.2. The van der Waals surface area contributed by atoms with Crippen LogP contribution in [0.15, 0.2) is 0 Å². The maximum Gasteiger partial charge on any atom is 0.181 e. The van der Waals surface area contributed by atoms with E-state index < -0.39 is 0 Å². The number of unbranched alkanes of at least 4 members (excludes halogenated alkanes) is 2. The highest BCUT2D eigenvalue weighted by molar-refractivity contribution is 4.93. The van der Waals surface area contributed by atoms with Gasteiger partial charge in [0.15, 0.2) is 6.29 Å². The lowest BCUT2D eigenvalue weighted by molar-refractivity contribution is 0.0486.